The number of benzene rings is 1. The third kappa shape index (κ3) is 3.15. The van der Waals surface area contributed by atoms with Crippen molar-refractivity contribution < 1.29 is 9.50 Å². The molecule has 0 spiro atoms. The van der Waals surface area contributed by atoms with Gasteiger partial charge in [-0.3, -0.25) is 0 Å². The molecule has 0 radical (unpaired) electrons. The van der Waals surface area contributed by atoms with E-state index in [4.69, 9.17) is 0 Å². The number of hydrogen-bond donors (Lipinski definition) is 1. The monoisotopic (exact) mass is 314 g/mol. The summed E-state index contributed by atoms with van der Waals surface area (Å²) in [5.74, 6) is -0.288. The summed E-state index contributed by atoms with van der Waals surface area (Å²) in [5.41, 5.74) is 1.87. The molecule has 2 rings (SSSR count). The Morgan fingerprint density at radius 1 is 1.41 bits per heavy atom. The van der Waals surface area contributed by atoms with E-state index in [9.17, 15) is 9.50 Å². The summed E-state index contributed by atoms with van der Waals surface area (Å²) in [6.45, 7) is 1.97. The second kappa shape index (κ2) is 5.29. The number of aliphatic hydroxyl groups excluding tert-OH is 1. The summed E-state index contributed by atoms with van der Waals surface area (Å²) >= 11 is 4.78. The van der Waals surface area contributed by atoms with Gasteiger partial charge in [-0.25, -0.2) is 4.39 Å². The van der Waals surface area contributed by atoms with E-state index >= 15 is 0 Å². The molecule has 0 saturated heterocycles. The van der Waals surface area contributed by atoms with Crippen molar-refractivity contribution in [3.8, 4) is 0 Å². The predicted molar refractivity (Wildman–Crippen MR) is 71.8 cm³/mol. The molecule has 0 aliphatic carbocycles. The molecule has 90 valence electrons. The lowest BCUT2D eigenvalue weighted by molar-refractivity contribution is 0.181. The van der Waals surface area contributed by atoms with Crippen LogP contribution in [0.25, 0.3) is 0 Å². The highest BCUT2D eigenvalue weighted by Crippen LogP contribution is 2.27. The molecule has 17 heavy (non-hydrogen) atoms. The van der Waals surface area contributed by atoms with Crippen LogP contribution in [0.2, 0.25) is 0 Å². The average molecular weight is 315 g/mol. The number of rotatable bonds is 3. The first-order valence-corrected chi connectivity index (χ1v) is 6.90. The van der Waals surface area contributed by atoms with Gasteiger partial charge in [0.1, 0.15) is 5.82 Å². The molecule has 2 aromatic rings. The Kier molecular flexibility index (Phi) is 3.97. The standard InChI is InChI=1S/C13H12BrFOS/c1-8-2-3-17-13(8)12(16)6-9-4-10(14)7-11(15)5-9/h2-5,7,12,16H,6H2,1H3. The highest BCUT2D eigenvalue weighted by molar-refractivity contribution is 9.10. The number of halogens is 2. The maximum atomic E-state index is 13.2. The number of thiophene rings is 1. The van der Waals surface area contributed by atoms with Gasteiger partial charge in [0.05, 0.1) is 6.10 Å². The third-order valence-electron chi connectivity index (χ3n) is 2.56. The van der Waals surface area contributed by atoms with E-state index < -0.39 is 6.10 Å². The summed E-state index contributed by atoms with van der Waals surface area (Å²) in [7, 11) is 0. The minimum Gasteiger partial charge on any atom is -0.387 e. The molecule has 1 unspecified atom stereocenters. The van der Waals surface area contributed by atoms with Gasteiger partial charge in [-0.1, -0.05) is 15.9 Å². The number of aryl methyl sites for hydroxylation is 1. The van der Waals surface area contributed by atoms with Crippen LogP contribution >= 0.6 is 27.3 Å². The van der Waals surface area contributed by atoms with Gasteiger partial charge in [0.2, 0.25) is 0 Å². The van der Waals surface area contributed by atoms with E-state index in [2.05, 4.69) is 15.9 Å². The van der Waals surface area contributed by atoms with Crippen LogP contribution in [0, 0.1) is 12.7 Å². The van der Waals surface area contributed by atoms with E-state index in [1.165, 1.54) is 23.5 Å². The fourth-order valence-corrected chi connectivity index (χ4v) is 3.20. The van der Waals surface area contributed by atoms with Crippen LogP contribution in [0.1, 0.15) is 22.1 Å². The lowest BCUT2D eigenvalue weighted by Gasteiger charge is -2.10. The van der Waals surface area contributed by atoms with E-state index in [-0.39, 0.29) is 5.82 Å². The molecule has 1 N–H and O–H groups in total. The van der Waals surface area contributed by atoms with Crippen molar-refractivity contribution in [1.29, 1.82) is 0 Å². The normalized spacial score (nSPS) is 12.7. The summed E-state index contributed by atoms with van der Waals surface area (Å²) in [5, 5.41) is 12.1. The molecule has 1 aromatic carbocycles. The van der Waals surface area contributed by atoms with Crippen molar-refractivity contribution in [1.82, 2.24) is 0 Å². The molecule has 0 aliphatic rings. The first-order chi connectivity index (χ1) is 8.06. The molecular formula is C13H12BrFOS. The first kappa shape index (κ1) is 12.7. The van der Waals surface area contributed by atoms with E-state index in [0.717, 1.165) is 16.0 Å². The van der Waals surface area contributed by atoms with Crippen LogP contribution < -0.4 is 0 Å². The maximum absolute atomic E-state index is 13.2. The van der Waals surface area contributed by atoms with Crippen molar-refractivity contribution in [2.75, 3.05) is 0 Å². The van der Waals surface area contributed by atoms with Gasteiger partial charge in [0.15, 0.2) is 0 Å². The maximum Gasteiger partial charge on any atom is 0.124 e. The van der Waals surface area contributed by atoms with E-state index in [1.54, 1.807) is 0 Å². The number of hydrogen-bond acceptors (Lipinski definition) is 2. The van der Waals surface area contributed by atoms with Crippen molar-refractivity contribution in [2.45, 2.75) is 19.4 Å². The zero-order valence-electron chi connectivity index (χ0n) is 9.28. The summed E-state index contributed by atoms with van der Waals surface area (Å²) < 4.78 is 13.9. The van der Waals surface area contributed by atoms with Gasteiger partial charge in [0, 0.05) is 15.8 Å². The van der Waals surface area contributed by atoms with E-state index in [0.29, 0.717) is 10.9 Å². The fraction of sp³-hybridized carbons (Fsp3) is 0.231. The molecular weight excluding hydrogens is 303 g/mol. The Bertz CT molecular complexity index is 504. The van der Waals surface area contributed by atoms with Crippen LogP contribution in [0.5, 0.6) is 0 Å². The van der Waals surface area contributed by atoms with Crippen molar-refractivity contribution in [3.63, 3.8) is 0 Å². The van der Waals surface area contributed by atoms with Crippen LogP contribution in [0.4, 0.5) is 4.39 Å². The Morgan fingerprint density at radius 3 is 2.76 bits per heavy atom. The van der Waals surface area contributed by atoms with Crippen LogP contribution in [-0.4, -0.2) is 5.11 Å². The van der Waals surface area contributed by atoms with Crippen molar-refractivity contribution in [2.24, 2.45) is 0 Å². The largest absolute Gasteiger partial charge is 0.387 e. The molecule has 1 heterocycles. The zero-order chi connectivity index (χ0) is 12.4. The summed E-state index contributed by atoms with van der Waals surface area (Å²) in [6, 6.07) is 6.67. The Hall–Kier alpha value is -0.710. The fourth-order valence-electron chi connectivity index (χ4n) is 1.77. The SMILES string of the molecule is Cc1ccsc1C(O)Cc1cc(F)cc(Br)c1. The minimum absolute atomic E-state index is 0.288. The van der Waals surface area contributed by atoms with Crippen LogP contribution in [0.3, 0.4) is 0 Å². The minimum atomic E-state index is -0.566. The van der Waals surface area contributed by atoms with Crippen molar-refractivity contribution in [3.05, 3.63) is 55.9 Å². The van der Waals surface area contributed by atoms with Crippen LogP contribution in [-0.2, 0) is 6.42 Å². The lowest BCUT2D eigenvalue weighted by atomic mass is 10.1. The average Bonchev–Trinajstić information content (AvgIpc) is 2.62. The predicted octanol–water partition coefficient (Wildman–Crippen LogP) is 4.23. The lowest BCUT2D eigenvalue weighted by Crippen LogP contribution is -2.01. The zero-order valence-corrected chi connectivity index (χ0v) is 11.7. The Labute approximate surface area is 112 Å². The van der Waals surface area contributed by atoms with Gasteiger partial charge < -0.3 is 5.11 Å². The summed E-state index contributed by atoms with van der Waals surface area (Å²) in [4.78, 5) is 0.949. The van der Waals surface area contributed by atoms with Gasteiger partial charge >= 0.3 is 0 Å². The van der Waals surface area contributed by atoms with Crippen molar-refractivity contribution >= 4 is 27.3 Å². The van der Waals surface area contributed by atoms with Gasteiger partial charge in [-0.05, 0) is 47.7 Å². The second-order valence-electron chi connectivity index (χ2n) is 3.97. The van der Waals surface area contributed by atoms with Gasteiger partial charge in [-0.15, -0.1) is 11.3 Å². The topological polar surface area (TPSA) is 20.2 Å². The van der Waals surface area contributed by atoms with Gasteiger partial charge in [0.25, 0.3) is 0 Å². The molecule has 0 bridgehead atoms. The molecule has 0 aliphatic heterocycles. The number of aliphatic hydroxyl groups is 1. The molecule has 4 heteroatoms. The smallest absolute Gasteiger partial charge is 0.124 e. The highest BCUT2D eigenvalue weighted by Gasteiger charge is 2.13. The second-order valence-corrected chi connectivity index (χ2v) is 5.83. The molecule has 1 nitrogen and oxygen atoms in total. The highest BCUT2D eigenvalue weighted by atomic mass is 79.9. The summed E-state index contributed by atoms with van der Waals surface area (Å²) in [6.07, 6.45) is -0.138. The molecule has 1 atom stereocenters. The Morgan fingerprint density at radius 2 is 2.18 bits per heavy atom. The van der Waals surface area contributed by atoms with Gasteiger partial charge in [-0.2, -0.15) is 0 Å². The molecule has 0 amide bonds. The molecule has 0 fully saturated rings. The third-order valence-corrected chi connectivity index (χ3v) is 4.13. The quantitative estimate of drug-likeness (QED) is 0.898. The first-order valence-electron chi connectivity index (χ1n) is 5.23. The molecule has 0 saturated carbocycles. The van der Waals surface area contributed by atoms with Crippen LogP contribution in [0.15, 0.2) is 34.1 Å². The molecule has 1 aromatic heterocycles. The van der Waals surface area contributed by atoms with E-state index in [1.807, 2.05) is 24.4 Å². The Balaban J connectivity index is 2.18.